The van der Waals surface area contributed by atoms with Gasteiger partial charge in [0, 0.05) is 5.41 Å². The predicted octanol–water partition coefficient (Wildman–Crippen LogP) is 3.81. The van der Waals surface area contributed by atoms with Gasteiger partial charge in [-0.05, 0) is 99.0 Å². The molecular formula is C27H40O6S. The summed E-state index contributed by atoms with van der Waals surface area (Å²) in [6, 6.07) is 6.58. The fourth-order valence-corrected chi connectivity index (χ4v) is 9.83. The molecule has 0 aliphatic heterocycles. The van der Waals surface area contributed by atoms with Crippen LogP contribution in [0, 0.1) is 40.9 Å². The van der Waals surface area contributed by atoms with Crippen molar-refractivity contribution in [3.05, 3.63) is 29.8 Å². The Labute approximate surface area is 203 Å². The number of aliphatic hydroxyl groups excluding tert-OH is 2. The first-order valence-corrected chi connectivity index (χ1v) is 14.3. The fourth-order valence-electron chi connectivity index (χ4n) is 8.87. The van der Waals surface area contributed by atoms with Crippen molar-refractivity contribution in [3.8, 4) is 0 Å². The van der Waals surface area contributed by atoms with E-state index in [1.165, 1.54) is 0 Å². The Hall–Kier alpha value is -0.990. The number of aryl methyl sites for hydroxylation is 1. The van der Waals surface area contributed by atoms with Crippen LogP contribution in [0.15, 0.2) is 29.2 Å². The third-order valence-electron chi connectivity index (χ3n) is 11.0. The van der Waals surface area contributed by atoms with Crippen LogP contribution in [0.2, 0.25) is 0 Å². The summed E-state index contributed by atoms with van der Waals surface area (Å²) in [5.41, 5.74) is -0.607. The van der Waals surface area contributed by atoms with Crippen LogP contribution in [0.1, 0.15) is 70.8 Å². The van der Waals surface area contributed by atoms with Gasteiger partial charge in [-0.3, -0.25) is 4.18 Å². The van der Waals surface area contributed by atoms with E-state index in [1.54, 1.807) is 24.3 Å². The van der Waals surface area contributed by atoms with Crippen molar-refractivity contribution in [1.29, 1.82) is 0 Å². The third-order valence-corrected chi connectivity index (χ3v) is 12.3. The summed E-state index contributed by atoms with van der Waals surface area (Å²) >= 11 is 0. The maximum Gasteiger partial charge on any atom is 0.297 e. The average molecular weight is 493 g/mol. The molecule has 0 radical (unpaired) electrons. The molecule has 34 heavy (non-hydrogen) atoms. The Morgan fingerprint density at radius 1 is 1.03 bits per heavy atom. The number of hydrogen-bond acceptors (Lipinski definition) is 6. The molecule has 6 nitrogen and oxygen atoms in total. The van der Waals surface area contributed by atoms with Crippen molar-refractivity contribution >= 4 is 10.1 Å². The number of benzene rings is 1. The molecule has 1 spiro atoms. The van der Waals surface area contributed by atoms with Crippen molar-refractivity contribution in [2.45, 2.75) is 88.7 Å². The SMILES string of the molecule is Cc1ccc(S(=O)(=O)OC[C@@]2(O)CC[C@]34C[C@H]2C[C@@H]3CC[C@H]2[C@](C)(CO)[C@H](O)CC[C@@]24C)cc1. The minimum Gasteiger partial charge on any atom is -0.396 e. The van der Waals surface area contributed by atoms with E-state index in [9.17, 15) is 23.7 Å². The Balaban J connectivity index is 1.37. The van der Waals surface area contributed by atoms with Gasteiger partial charge in [0.1, 0.15) is 0 Å². The van der Waals surface area contributed by atoms with Crippen LogP contribution < -0.4 is 0 Å². The lowest BCUT2D eigenvalue weighted by molar-refractivity contribution is -0.215. The van der Waals surface area contributed by atoms with E-state index in [-0.39, 0.29) is 40.8 Å². The monoisotopic (exact) mass is 492 g/mol. The summed E-state index contributed by atoms with van der Waals surface area (Å²) in [4.78, 5) is 0.119. The summed E-state index contributed by atoms with van der Waals surface area (Å²) in [5.74, 6) is 0.732. The van der Waals surface area contributed by atoms with E-state index in [0.717, 1.165) is 44.1 Å². The molecule has 5 rings (SSSR count). The van der Waals surface area contributed by atoms with E-state index in [1.807, 2.05) is 13.8 Å². The van der Waals surface area contributed by atoms with E-state index < -0.39 is 27.2 Å². The molecule has 8 atom stereocenters. The standard InChI is InChI=1S/C27H40O6S/c1-18-4-7-21(8-5-18)34(31,32)33-17-27(30)13-12-26-15-20(27)14-19(26)6-9-22-24(2,16-28)23(29)10-11-25(22,26)3/h4-5,7-8,19-20,22-23,28-30H,6,9-17H2,1-3H3/t19-,20+,22-,23+,24-,25-,26-,27-/m0/s1. The van der Waals surface area contributed by atoms with Gasteiger partial charge in [-0.1, -0.05) is 31.5 Å². The Bertz CT molecular complexity index is 1040. The molecule has 1 aromatic carbocycles. The van der Waals surface area contributed by atoms with Gasteiger partial charge in [0.05, 0.1) is 29.8 Å². The van der Waals surface area contributed by atoms with Crippen LogP contribution in [-0.4, -0.2) is 48.7 Å². The Morgan fingerprint density at radius 2 is 1.74 bits per heavy atom. The molecule has 190 valence electrons. The van der Waals surface area contributed by atoms with Crippen LogP contribution in [0.4, 0.5) is 0 Å². The minimum absolute atomic E-state index is 0.00211. The second kappa shape index (κ2) is 8.01. The van der Waals surface area contributed by atoms with Crippen LogP contribution >= 0.6 is 0 Å². The number of rotatable bonds is 5. The van der Waals surface area contributed by atoms with E-state index in [4.69, 9.17) is 4.18 Å². The summed E-state index contributed by atoms with van der Waals surface area (Å²) in [6.07, 6.45) is 6.30. The molecule has 0 heterocycles. The summed E-state index contributed by atoms with van der Waals surface area (Å²) < 4.78 is 31.0. The van der Waals surface area contributed by atoms with Crippen molar-refractivity contribution in [3.63, 3.8) is 0 Å². The quantitative estimate of drug-likeness (QED) is 0.540. The van der Waals surface area contributed by atoms with Gasteiger partial charge in [-0.2, -0.15) is 8.42 Å². The average Bonchev–Trinajstić information content (AvgIpc) is 3.16. The number of fused-ring (bicyclic) bond motifs is 2. The highest BCUT2D eigenvalue weighted by Crippen LogP contribution is 2.75. The molecule has 0 unspecified atom stereocenters. The highest BCUT2D eigenvalue weighted by Gasteiger charge is 2.70. The molecule has 4 aliphatic carbocycles. The first-order chi connectivity index (χ1) is 15.9. The molecule has 4 saturated carbocycles. The molecule has 2 bridgehead atoms. The predicted molar refractivity (Wildman–Crippen MR) is 128 cm³/mol. The molecule has 7 heteroatoms. The molecular weight excluding hydrogens is 452 g/mol. The van der Waals surface area contributed by atoms with Gasteiger partial charge < -0.3 is 15.3 Å². The molecule has 0 saturated heterocycles. The largest absolute Gasteiger partial charge is 0.396 e. The zero-order valence-electron chi connectivity index (χ0n) is 20.7. The molecule has 4 aliphatic rings. The topological polar surface area (TPSA) is 104 Å². The zero-order valence-corrected chi connectivity index (χ0v) is 21.5. The molecule has 1 aromatic rings. The molecule has 0 aromatic heterocycles. The number of hydrogen-bond donors (Lipinski definition) is 3. The van der Waals surface area contributed by atoms with Gasteiger partial charge in [0.2, 0.25) is 0 Å². The first-order valence-electron chi connectivity index (χ1n) is 12.9. The highest BCUT2D eigenvalue weighted by molar-refractivity contribution is 7.86. The van der Waals surface area contributed by atoms with Crippen molar-refractivity contribution in [1.82, 2.24) is 0 Å². The van der Waals surface area contributed by atoms with Gasteiger partial charge >= 0.3 is 0 Å². The van der Waals surface area contributed by atoms with Gasteiger partial charge in [-0.25, -0.2) is 0 Å². The van der Waals surface area contributed by atoms with Gasteiger partial charge in [0.25, 0.3) is 10.1 Å². The van der Waals surface area contributed by atoms with Crippen LogP contribution in [-0.2, 0) is 14.3 Å². The summed E-state index contributed by atoms with van der Waals surface area (Å²) in [7, 11) is -3.93. The normalized spacial score (nSPS) is 46.1. The highest BCUT2D eigenvalue weighted by atomic mass is 32.2. The van der Waals surface area contributed by atoms with Crippen molar-refractivity contribution in [2.75, 3.05) is 13.2 Å². The van der Waals surface area contributed by atoms with E-state index in [2.05, 4.69) is 6.92 Å². The van der Waals surface area contributed by atoms with Gasteiger partial charge in [0.15, 0.2) is 0 Å². The van der Waals surface area contributed by atoms with Gasteiger partial charge in [-0.15, -0.1) is 0 Å². The van der Waals surface area contributed by atoms with Crippen LogP contribution in [0.25, 0.3) is 0 Å². The first kappa shape index (κ1) is 24.7. The zero-order chi connectivity index (χ0) is 24.6. The van der Waals surface area contributed by atoms with E-state index >= 15 is 0 Å². The molecule has 3 N–H and O–H groups in total. The maximum atomic E-state index is 12.8. The van der Waals surface area contributed by atoms with E-state index in [0.29, 0.717) is 18.8 Å². The van der Waals surface area contributed by atoms with Crippen LogP contribution in [0.5, 0.6) is 0 Å². The summed E-state index contributed by atoms with van der Waals surface area (Å²) in [6.45, 7) is 6.11. The fraction of sp³-hybridized carbons (Fsp3) is 0.778. The minimum atomic E-state index is -3.93. The van der Waals surface area contributed by atoms with Crippen molar-refractivity contribution in [2.24, 2.45) is 34.0 Å². The summed E-state index contributed by atoms with van der Waals surface area (Å²) in [5, 5.41) is 32.8. The Morgan fingerprint density at radius 3 is 2.41 bits per heavy atom. The molecule has 4 fully saturated rings. The Kier molecular flexibility index (Phi) is 5.81. The maximum absolute atomic E-state index is 12.8. The smallest absolute Gasteiger partial charge is 0.297 e. The van der Waals surface area contributed by atoms with Crippen molar-refractivity contribution < 1.29 is 27.9 Å². The second-order valence-electron chi connectivity index (χ2n) is 12.4. The lowest BCUT2D eigenvalue weighted by Gasteiger charge is -2.66. The lowest BCUT2D eigenvalue weighted by Crippen LogP contribution is -2.63. The second-order valence-corrected chi connectivity index (χ2v) is 14.0. The molecule has 0 amide bonds. The number of aliphatic hydroxyl groups is 3. The lowest BCUT2D eigenvalue weighted by atomic mass is 9.39. The third kappa shape index (κ3) is 3.37. The van der Waals surface area contributed by atoms with Crippen LogP contribution in [0.3, 0.4) is 0 Å².